The summed E-state index contributed by atoms with van der Waals surface area (Å²) in [6.07, 6.45) is 0. The van der Waals surface area contributed by atoms with Gasteiger partial charge in [-0.05, 0) is 30.7 Å². The fraction of sp³-hybridized carbons (Fsp3) is 0.250. The molecule has 0 amide bonds. The lowest BCUT2D eigenvalue weighted by atomic mass is 10.2. The number of aryl methyl sites for hydroxylation is 1. The van der Waals surface area contributed by atoms with E-state index in [1.165, 1.54) is 6.07 Å². The van der Waals surface area contributed by atoms with Crippen LogP contribution in [0.25, 0.3) is 0 Å². The molecule has 1 N–H and O–H groups in total. The van der Waals surface area contributed by atoms with E-state index in [1.807, 2.05) is 0 Å². The van der Waals surface area contributed by atoms with Gasteiger partial charge in [0, 0.05) is 11.2 Å². The first-order valence-electron chi connectivity index (χ1n) is 3.57. The lowest BCUT2D eigenvalue weighted by Gasteiger charge is -2.06. The molecule has 0 aliphatic carbocycles. The predicted molar refractivity (Wildman–Crippen MR) is 54.1 cm³/mol. The largest absolute Gasteiger partial charge is 0.496 e. The monoisotopic (exact) mass is 218 g/mol. The van der Waals surface area contributed by atoms with Crippen molar-refractivity contribution in [2.45, 2.75) is 11.8 Å². The molecule has 3 nitrogen and oxygen atoms in total. The lowest BCUT2D eigenvalue weighted by molar-refractivity contribution is 0.411. The average molecular weight is 218 g/mol. The third-order valence-electron chi connectivity index (χ3n) is 1.66. The summed E-state index contributed by atoms with van der Waals surface area (Å²) in [5, 5.41) is 0. The summed E-state index contributed by atoms with van der Waals surface area (Å²) >= 11 is 4.43. The van der Waals surface area contributed by atoms with Gasteiger partial charge in [-0.3, -0.25) is 0 Å². The Hall–Kier alpha value is -0.650. The molecule has 0 bridgehead atoms. The van der Waals surface area contributed by atoms with Crippen LogP contribution in [0.2, 0.25) is 0 Å². The molecule has 0 aliphatic heterocycles. The van der Waals surface area contributed by atoms with Crippen LogP contribution in [-0.2, 0) is 20.0 Å². The van der Waals surface area contributed by atoms with Crippen LogP contribution in [-0.4, -0.2) is 15.9 Å². The maximum atomic E-state index is 11.1. The van der Waals surface area contributed by atoms with Gasteiger partial charge in [0.2, 0.25) is 0 Å². The number of hydrogen-bond acceptors (Lipinski definition) is 3. The van der Waals surface area contributed by atoms with Gasteiger partial charge in [0.1, 0.15) is 5.75 Å². The van der Waals surface area contributed by atoms with Crippen LogP contribution in [0.5, 0.6) is 5.75 Å². The number of rotatable bonds is 2. The fourth-order valence-corrected chi connectivity index (χ4v) is 1.89. The molecule has 0 heterocycles. The molecule has 1 unspecified atom stereocenters. The van der Waals surface area contributed by atoms with Crippen molar-refractivity contribution in [1.82, 2.24) is 0 Å². The second-order valence-electron chi connectivity index (χ2n) is 2.61. The molecule has 13 heavy (non-hydrogen) atoms. The zero-order valence-corrected chi connectivity index (χ0v) is 8.95. The average Bonchev–Trinajstić information content (AvgIpc) is 2.02. The van der Waals surface area contributed by atoms with Crippen molar-refractivity contribution in [2.24, 2.45) is 0 Å². The second kappa shape index (κ2) is 3.61. The molecule has 0 saturated carbocycles. The third-order valence-corrected chi connectivity index (χ3v) is 3.09. The normalized spacial score (nSPS) is 15.0. The molecule has 72 valence electrons. The van der Waals surface area contributed by atoms with Crippen molar-refractivity contribution in [2.75, 3.05) is 7.11 Å². The molecule has 1 atom stereocenters. The van der Waals surface area contributed by atoms with Crippen LogP contribution in [0.1, 0.15) is 5.56 Å². The van der Waals surface area contributed by atoms with Crippen LogP contribution in [0.3, 0.4) is 0 Å². The van der Waals surface area contributed by atoms with Gasteiger partial charge < -0.3 is 9.29 Å². The number of benzene rings is 1. The topological polar surface area (TPSA) is 46.5 Å². The van der Waals surface area contributed by atoms with Gasteiger partial charge in [0.15, 0.2) is 8.77 Å². The van der Waals surface area contributed by atoms with Crippen LogP contribution >= 0.6 is 0 Å². The van der Waals surface area contributed by atoms with E-state index in [0.717, 1.165) is 5.56 Å². The summed E-state index contributed by atoms with van der Waals surface area (Å²) in [6.45, 7) is 1.79. The van der Waals surface area contributed by atoms with Crippen molar-refractivity contribution >= 4 is 20.0 Å². The van der Waals surface area contributed by atoms with E-state index in [0.29, 0.717) is 5.75 Å². The van der Waals surface area contributed by atoms with E-state index in [2.05, 4.69) is 11.2 Å². The minimum absolute atomic E-state index is 0.251. The van der Waals surface area contributed by atoms with E-state index in [9.17, 15) is 4.21 Å². The first-order valence-corrected chi connectivity index (χ1v) is 6.01. The molecule has 5 heteroatoms. The van der Waals surface area contributed by atoms with Crippen molar-refractivity contribution in [3.05, 3.63) is 23.8 Å². The summed E-state index contributed by atoms with van der Waals surface area (Å²) in [7, 11) is -1.72. The quantitative estimate of drug-likeness (QED) is 0.818. The van der Waals surface area contributed by atoms with Crippen LogP contribution in [0.4, 0.5) is 0 Å². The van der Waals surface area contributed by atoms with Crippen molar-refractivity contribution < 1.29 is 13.5 Å². The van der Waals surface area contributed by atoms with Gasteiger partial charge >= 0.3 is 0 Å². The summed E-state index contributed by atoms with van der Waals surface area (Å²) in [5.74, 6) is 0.683. The summed E-state index contributed by atoms with van der Waals surface area (Å²) in [4.78, 5) is 0.251. The van der Waals surface area contributed by atoms with E-state index < -0.39 is 8.77 Å². The molecule has 1 aromatic carbocycles. The zero-order chi connectivity index (χ0) is 10.1. The first-order chi connectivity index (χ1) is 5.95. The van der Waals surface area contributed by atoms with Gasteiger partial charge in [0.05, 0.1) is 12.0 Å². The Labute approximate surface area is 82.2 Å². The second-order valence-corrected chi connectivity index (χ2v) is 5.38. The molecule has 0 aliphatic rings. The van der Waals surface area contributed by atoms with Gasteiger partial charge in [-0.15, -0.1) is 0 Å². The van der Waals surface area contributed by atoms with Gasteiger partial charge in [0.25, 0.3) is 0 Å². The van der Waals surface area contributed by atoms with E-state index in [1.54, 1.807) is 26.2 Å². The van der Waals surface area contributed by atoms with E-state index in [4.69, 9.17) is 9.29 Å². The Balaban J connectivity index is 3.26. The highest BCUT2D eigenvalue weighted by Crippen LogP contribution is 2.20. The molecule has 1 aromatic rings. The van der Waals surface area contributed by atoms with Crippen LogP contribution in [0, 0.1) is 6.92 Å². The number of methoxy groups -OCH3 is 1. The highest BCUT2D eigenvalue weighted by Gasteiger charge is 2.07. The Morgan fingerprint density at radius 3 is 2.54 bits per heavy atom. The Bertz CT molecular complexity index is 409. The maximum Gasteiger partial charge on any atom is 0.171 e. The molecular weight excluding hydrogens is 208 g/mol. The molecule has 0 fully saturated rings. The highest BCUT2D eigenvalue weighted by molar-refractivity contribution is 8.29. The smallest absolute Gasteiger partial charge is 0.171 e. The molecule has 0 saturated heterocycles. The zero-order valence-electron chi connectivity index (χ0n) is 7.31. The van der Waals surface area contributed by atoms with Crippen LogP contribution in [0.15, 0.2) is 23.1 Å². The van der Waals surface area contributed by atoms with Gasteiger partial charge in [-0.25, -0.2) is 4.21 Å². The molecule has 1 rings (SSSR count). The summed E-state index contributed by atoms with van der Waals surface area (Å²) < 4.78 is 25.2. The minimum Gasteiger partial charge on any atom is -0.496 e. The van der Waals surface area contributed by atoms with E-state index in [-0.39, 0.29) is 4.90 Å². The van der Waals surface area contributed by atoms with Gasteiger partial charge in [-0.2, -0.15) is 0 Å². The Kier molecular flexibility index (Phi) is 2.90. The van der Waals surface area contributed by atoms with Crippen molar-refractivity contribution in [1.29, 1.82) is 0 Å². The SMILES string of the molecule is COc1ccc(S(=O)(O)=S)cc1C. The molecular formula is C8H10O3S2. The number of hydrogen-bond donors (Lipinski definition) is 1. The first kappa shape index (κ1) is 10.4. The lowest BCUT2D eigenvalue weighted by Crippen LogP contribution is -1.97. The standard InChI is InChI=1S/C8H10O3S2/c1-6-5-7(13(9,10)12)3-4-8(6)11-2/h3-5H,1-2H3,(H,9,10,12). The predicted octanol–water partition coefficient (Wildman–Crippen LogP) is 1.58. The highest BCUT2D eigenvalue weighted by atomic mass is 32.8. The Morgan fingerprint density at radius 1 is 1.54 bits per heavy atom. The van der Waals surface area contributed by atoms with Gasteiger partial charge in [-0.1, -0.05) is 0 Å². The molecule has 0 aromatic heterocycles. The molecule has 0 spiro atoms. The fourth-order valence-electron chi connectivity index (χ4n) is 1.01. The van der Waals surface area contributed by atoms with Crippen molar-refractivity contribution in [3.8, 4) is 5.75 Å². The summed E-state index contributed by atoms with van der Waals surface area (Å²) in [6, 6.07) is 4.70. The van der Waals surface area contributed by atoms with E-state index >= 15 is 0 Å². The number of ether oxygens (including phenoxy) is 1. The molecule has 0 radical (unpaired) electrons. The summed E-state index contributed by atoms with van der Waals surface area (Å²) in [5.41, 5.74) is 0.798. The van der Waals surface area contributed by atoms with Crippen molar-refractivity contribution in [3.63, 3.8) is 0 Å². The maximum absolute atomic E-state index is 11.1. The minimum atomic E-state index is -3.27. The van der Waals surface area contributed by atoms with Crippen LogP contribution < -0.4 is 4.74 Å². The third kappa shape index (κ3) is 2.40. The Morgan fingerprint density at radius 2 is 2.15 bits per heavy atom.